The van der Waals surface area contributed by atoms with Crippen LogP contribution < -0.4 is 0 Å². The number of ether oxygens (including phenoxy) is 1. The van der Waals surface area contributed by atoms with E-state index in [2.05, 4.69) is 22.6 Å². The fourth-order valence-electron chi connectivity index (χ4n) is 2.74. The summed E-state index contributed by atoms with van der Waals surface area (Å²) in [5.74, 6) is 0.0432. The van der Waals surface area contributed by atoms with Crippen molar-refractivity contribution in [2.45, 2.75) is 57.8 Å². The molecule has 1 saturated carbocycles. The third kappa shape index (κ3) is 3.90. The molecule has 16 heavy (non-hydrogen) atoms. The zero-order valence-electron chi connectivity index (χ0n) is 10.3. The van der Waals surface area contributed by atoms with Gasteiger partial charge in [-0.2, -0.15) is 0 Å². The number of hydrogen-bond acceptors (Lipinski definition) is 2. The molecule has 0 aromatic rings. The molecule has 0 spiro atoms. The Labute approximate surface area is 113 Å². The van der Waals surface area contributed by atoms with Gasteiger partial charge in [0.05, 0.1) is 12.5 Å². The molecular weight excluding hydrogens is 315 g/mol. The van der Waals surface area contributed by atoms with Gasteiger partial charge in [-0.3, -0.25) is 4.79 Å². The van der Waals surface area contributed by atoms with E-state index in [9.17, 15) is 4.79 Å². The van der Waals surface area contributed by atoms with Crippen molar-refractivity contribution >= 4 is 28.6 Å². The summed E-state index contributed by atoms with van der Waals surface area (Å²) in [5, 5.41) is 0. The van der Waals surface area contributed by atoms with E-state index in [1.807, 2.05) is 0 Å². The molecule has 0 bridgehead atoms. The molecule has 0 aliphatic heterocycles. The maximum absolute atomic E-state index is 11.9. The van der Waals surface area contributed by atoms with E-state index in [4.69, 9.17) is 4.74 Å². The first-order valence-corrected chi connectivity index (χ1v) is 7.92. The first-order chi connectivity index (χ1) is 7.75. The minimum Gasteiger partial charge on any atom is -0.469 e. The van der Waals surface area contributed by atoms with Crippen molar-refractivity contribution in [1.29, 1.82) is 0 Å². The first kappa shape index (κ1) is 14.3. The summed E-state index contributed by atoms with van der Waals surface area (Å²) < 4.78 is 6.23. The second-order valence-electron chi connectivity index (χ2n) is 4.83. The van der Waals surface area contributed by atoms with Crippen LogP contribution in [-0.4, -0.2) is 17.5 Å². The molecular formula is C13H23IO2. The van der Waals surface area contributed by atoms with Gasteiger partial charge in [0.15, 0.2) is 0 Å². The molecule has 94 valence electrons. The van der Waals surface area contributed by atoms with E-state index in [0.717, 1.165) is 19.3 Å². The molecule has 1 aliphatic carbocycles. The lowest BCUT2D eigenvalue weighted by atomic mass is 9.71. The number of methoxy groups -OCH3 is 1. The van der Waals surface area contributed by atoms with Crippen LogP contribution in [0.2, 0.25) is 0 Å². The summed E-state index contributed by atoms with van der Waals surface area (Å²) >= 11 is 2.41. The van der Waals surface area contributed by atoms with Gasteiger partial charge in [0.25, 0.3) is 0 Å². The van der Waals surface area contributed by atoms with Crippen LogP contribution in [0.3, 0.4) is 0 Å². The van der Waals surface area contributed by atoms with E-state index >= 15 is 0 Å². The molecule has 0 amide bonds. The van der Waals surface area contributed by atoms with Crippen LogP contribution in [0.5, 0.6) is 0 Å². The number of carbonyl (C=O) groups excluding carboxylic acids is 1. The smallest absolute Gasteiger partial charge is 0.311 e. The molecule has 1 fully saturated rings. The SMILES string of the molecule is COC(=O)C1(CCCCCI)CCCCC1. The third-order valence-corrected chi connectivity index (χ3v) is 4.48. The van der Waals surface area contributed by atoms with Gasteiger partial charge in [-0.25, -0.2) is 0 Å². The average molecular weight is 338 g/mol. The predicted molar refractivity (Wildman–Crippen MR) is 74.9 cm³/mol. The molecule has 0 unspecified atom stereocenters. The molecule has 1 rings (SSSR count). The van der Waals surface area contributed by atoms with Gasteiger partial charge in [-0.15, -0.1) is 0 Å². The standard InChI is InChI=1S/C13H23IO2/c1-16-12(15)13(8-4-2-5-9-13)10-6-3-7-11-14/h2-11H2,1H3. The number of esters is 1. The number of unbranched alkanes of at least 4 members (excludes halogenated alkanes) is 2. The summed E-state index contributed by atoms with van der Waals surface area (Å²) in [6.45, 7) is 0. The van der Waals surface area contributed by atoms with Gasteiger partial charge in [0, 0.05) is 0 Å². The lowest BCUT2D eigenvalue weighted by Crippen LogP contribution is -2.34. The lowest BCUT2D eigenvalue weighted by molar-refractivity contribution is -0.155. The summed E-state index contributed by atoms with van der Waals surface area (Å²) in [7, 11) is 1.53. The molecule has 0 atom stereocenters. The van der Waals surface area contributed by atoms with Crippen molar-refractivity contribution in [2.75, 3.05) is 11.5 Å². The van der Waals surface area contributed by atoms with Crippen LogP contribution in [0.15, 0.2) is 0 Å². The van der Waals surface area contributed by atoms with E-state index in [1.54, 1.807) is 0 Å². The van der Waals surface area contributed by atoms with Crippen molar-refractivity contribution in [1.82, 2.24) is 0 Å². The second-order valence-corrected chi connectivity index (χ2v) is 5.91. The molecule has 0 heterocycles. The second kappa shape index (κ2) is 7.51. The van der Waals surface area contributed by atoms with Crippen LogP contribution in [0, 0.1) is 5.41 Å². The normalized spacial score (nSPS) is 19.4. The molecule has 0 aromatic heterocycles. The zero-order chi connectivity index (χ0) is 11.9. The van der Waals surface area contributed by atoms with Crippen LogP contribution in [0.4, 0.5) is 0 Å². The number of carbonyl (C=O) groups is 1. The van der Waals surface area contributed by atoms with Gasteiger partial charge in [0.2, 0.25) is 0 Å². The van der Waals surface area contributed by atoms with E-state index in [1.165, 1.54) is 50.1 Å². The van der Waals surface area contributed by atoms with E-state index < -0.39 is 0 Å². The van der Waals surface area contributed by atoms with E-state index in [0.29, 0.717) is 0 Å². The Morgan fingerprint density at radius 3 is 2.44 bits per heavy atom. The number of alkyl halides is 1. The number of hydrogen-bond donors (Lipinski definition) is 0. The van der Waals surface area contributed by atoms with Crippen molar-refractivity contribution in [3.05, 3.63) is 0 Å². The van der Waals surface area contributed by atoms with Gasteiger partial charge in [0.1, 0.15) is 0 Å². The van der Waals surface area contributed by atoms with Crippen LogP contribution >= 0.6 is 22.6 Å². The molecule has 0 saturated heterocycles. The topological polar surface area (TPSA) is 26.3 Å². The largest absolute Gasteiger partial charge is 0.469 e. The quantitative estimate of drug-likeness (QED) is 0.315. The first-order valence-electron chi connectivity index (χ1n) is 6.39. The summed E-state index contributed by atoms with van der Waals surface area (Å²) in [6, 6.07) is 0. The fourth-order valence-corrected chi connectivity index (χ4v) is 3.28. The third-order valence-electron chi connectivity index (χ3n) is 3.72. The summed E-state index contributed by atoms with van der Waals surface area (Å²) in [4.78, 5) is 11.9. The van der Waals surface area contributed by atoms with E-state index in [-0.39, 0.29) is 11.4 Å². The molecule has 2 nitrogen and oxygen atoms in total. The highest BCUT2D eigenvalue weighted by atomic mass is 127. The Bertz CT molecular complexity index is 210. The Balaban J connectivity index is 2.46. The number of halogens is 1. The molecule has 3 heteroatoms. The number of rotatable bonds is 6. The van der Waals surface area contributed by atoms with Gasteiger partial charge in [-0.05, 0) is 30.1 Å². The highest BCUT2D eigenvalue weighted by molar-refractivity contribution is 14.1. The maximum atomic E-state index is 11.9. The fraction of sp³-hybridized carbons (Fsp3) is 0.923. The van der Waals surface area contributed by atoms with Crippen molar-refractivity contribution in [3.63, 3.8) is 0 Å². The molecule has 0 N–H and O–H groups in total. The lowest BCUT2D eigenvalue weighted by Gasteiger charge is -2.34. The van der Waals surface area contributed by atoms with Crippen LogP contribution in [0.25, 0.3) is 0 Å². The van der Waals surface area contributed by atoms with Gasteiger partial charge >= 0.3 is 5.97 Å². The van der Waals surface area contributed by atoms with Gasteiger partial charge in [-0.1, -0.05) is 54.7 Å². The monoisotopic (exact) mass is 338 g/mol. The zero-order valence-corrected chi connectivity index (χ0v) is 12.4. The van der Waals surface area contributed by atoms with Crippen LogP contribution in [-0.2, 0) is 9.53 Å². The maximum Gasteiger partial charge on any atom is 0.311 e. The van der Waals surface area contributed by atoms with Crippen LogP contribution in [0.1, 0.15) is 57.8 Å². The van der Waals surface area contributed by atoms with Gasteiger partial charge < -0.3 is 4.74 Å². The minimum absolute atomic E-state index is 0.0432. The molecule has 0 radical (unpaired) electrons. The Kier molecular flexibility index (Phi) is 6.70. The average Bonchev–Trinajstić information content (AvgIpc) is 2.35. The predicted octanol–water partition coefficient (Wildman–Crippen LogP) is 4.11. The van der Waals surface area contributed by atoms with Crippen molar-refractivity contribution < 1.29 is 9.53 Å². The molecule has 0 aromatic carbocycles. The summed E-state index contributed by atoms with van der Waals surface area (Å²) in [5.41, 5.74) is -0.127. The van der Waals surface area contributed by atoms with Crippen molar-refractivity contribution in [3.8, 4) is 0 Å². The minimum atomic E-state index is -0.127. The highest BCUT2D eigenvalue weighted by Gasteiger charge is 2.39. The van der Waals surface area contributed by atoms with Crippen molar-refractivity contribution in [2.24, 2.45) is 5.41 Å². The Morgan fingerprint density at radius 2 is 1.88 bits per heavy atom. The highest BCUT2D eigenvalue weighted by Crippen LogP contribution is 2.41. The Hall–Kier alpha value is 0.200. The summed E-state index contributed by atoms with van der Waals surface area (Å²) in [6.07, 6.45) is 10.5. The molecule has 1 aliphatic rings. The Morgan fingerprint density at radius 1 is 1.19 bits per heavy atom.